The van der Waals surface area contributed by atoms with Gasteiger partial charge in [0, 0.05) is 0 Å². The third kappa shape index (κ3) is 4.00. The molecule has 4 saturated carbocycles. The van der Waals surface area contributed by atoms with Crippen LogP contribution in [-0.2, 0) is 23.4 Å². The lowest BCUT2D eigenvalue weighted by atomic mass is 9.43. The van der Waals surface area contributed by atoms with E-state index < -0.39 is 19.9 Å². The number of rotatable bonds is 2. The standard InChI is InChI=1S/C31H54O5Si/c1-27(2,3)37(10,11)36-23-13-12-18-24-19(14-15-30(18,23)8)31(9)17-22-21(32-28(4,5)33-22)16-20(31)25-26(24)35-29(6,7)34-25/h18-26H,12-17H2,1-11H3/t18?,19?,20?,21?,22?,23?,24?,25?,26?,30-,31+/m0/s1. The third-order valence-corrected chi connectivity index (χ3v) is 17.0. The fraction of sp³-hybridized carbons (Fsp3) is 1.00. The predicted molar refractivity (Wildman–Crippen MR) is 148 cm³/mol. The van der Waals surface area contributed by atoms with Gasteiger partial charge in [-0.05, 0) is 119 Å². The zero-order chi connectivity index (χ0) is 27.0. The molecule has 0 aromatic heterocycles. The zero-order valence-corrected chi connectivity index (χ0v) is 26.5. The third-order valence-electron chi connectivity index (χ3n) is 12.5. The Morgan fingerprint density at radius 1 is 0.703 bits per heavy atom. The van der Waals surface area contributed by atoms with Gasteiger partial charge in [0.2, 0.25) is 0 Å². The molecule has 6 rings (SSSR count). The summed E-state index contributed by atoms with van der Waals surface area (Å²) in [5, 5.41) is 0.234. The lowest BCUT2D eigenvalue weighted by Gasteiger charge is -2.63. The molecule has 0 radical (unpaired) electrons. The number of hydrogen-bond acceptors (Lipinski definition) is 5. The molecule has 6 aliphatic rings. The van der Waals surface area contributed by atoms with Crippen LogP contribution in [0.3, 0.4) is 0 Å². The molecule has 0 aromatic rings. The van der Waals surface area contributed by atoms with Crippen molar-refractivity contribution >= 4 is 8.32 Å². The van der Waals surface area contributed by atoms with Gasteiger partial charge in [0.05, 0.1) is 30.5 Å². The summed E-state index contributed by atoms with van der Waals surface area (Å²) in [7, 11) is -1.84. The minimum atomic E-state index is -1.84. The normalized spacial score (nSPS) is 52.1. The molecule has 5 nitrogen and oxygen atoms in total. The maximum atomic E-state index is 7.21. The monoisotopic (exact) mass is 534 g/mol. The molecule has 0 aromatic carbocycles. The molecule has 37 heavy (non-hydrogen) atoms. The maximum Gasteiger partial charge on any atom is 0.192 e. The van der Waals surface area contributed by atoms with Gasteiger partial charge in [-0.25, -0.2) is 0 Å². The summed E-state index contributed by atoms with van der Waals surface area (Å²) in [6.45, 7) is 25.5. The Bertz CT molecular complexity index is 925. The van der Waals surface area contributed by atoms with Crippen LogP contribution >= 0.6 is 0 Å². The summed E-state index contributed by atoms with van der Waals surface area (Å²) < 4.78 is 33.8. The molecule has 0 bridgehead atoms. The summed E-state index contributed by atoms with van der Waals surface area (Å²) in [5.74, 6) is 1.20. The minimum Gasteiger partial charge on any atom is -0.413 e. The van der Waals surface area contributed by atoms with Crippen LogP contribution in [0.2, 0.25) is 18.1 Å². The van der Waals surface area contributed by atoms with Gasteiger partial charge in [0.15, 0.2) is 19.9 Å². The molecule has 6 heteroatoms. The lowest BCUT2D eigenvalue weighted by Crippen LogP contribution is -2.65. The average molecular weight is 535 g/mol. The Labute approximate surface area is 227 Å². The Kier molecular flexibility index (Phi) is 5.93. The molecule has 2 saturated heterocycles. The Hall–Kier alpha value is 0.0169. The van der Waals surface area contributed by atoms with Crippen LogP contribution in [0.15, 0.2) is 0 Å². The molecule has 2 heterocycles. The Balaban J connectivity index is 1.34. The molecular formula is C31H54O5Si. The van der Waals surface area contributed by atoms with Crippen LogP contribution in [0.5, 0.6) is 0 Å². The van der Waals surface area contributed by atoms with Crippen molar-refractivity contribution in [2.45, 2.75) is 161 Å². The second-order valence-electron chi connectivity index (χ2n) is 16.6. The maximum absolute atomic E-state index is 7.21. The van der Waals surface area contributed by atoms with Gasteiger partial charge in [-0.15, -0.1) is 0 Å². The van der Waals surface area contributed by atoms with E-state index in [1.165, 1.54) is 25.7 Å². The van der Waals surface area contributed by atoms with Crippen molar-refractivity contribution in [3.05, 3.63) is 0 Å². The molecule has 9 unspecified atom stereocenters. The van der Waals surface area contributed by atoms with Gasteiger partial charge in [0.25, 0.3) is 0 Å². The van der Waals surface area contributed by atoms with Crippen LogP contribution in [0.4, 0.5) is 0 Å². The van der Waals surface area contributed by atoms with Gasteiger partial charge < -0.3 is 23.4 Å². The first-order valence-corrected chi connectivity index (χ1v) is 18.2. The minimum absolute atomic E-state index is 0.136. The highest BCUT2D eigenvalue weighted by Crippen LogP contribution is 2.69. The second-order valence-corrected chi connectivity index (χ2v) is 21.4. The predicted octanol–water partition coefficient (Wildman–Crippen LogP) is 7.29. The van der Waals surface area contributed by atoms with E-state index in [0.29, 0.717) is 29.8 Å². The average Bonchev–Trinajstić information content (AvgIpc) is 3.33. The van der Waals surface area contributed by atoms with Gasteiger partial charge in [-0.1, -0.05) is 34.6 Å². The van der Waals surface area contributed by atoms with Gasteiger partial charge in [-0.2, -0.15) is 0 Å². The van der Waals surface area contributed by atoms with Gasteiger partial charge >= 0.3 is 0 Å². The largest absolute Gasteiger partial charge is 0.413 e. The Morgan fingerprint density at radius 2 is 1.30 bits per heavy atom. The van der Waals surface area contributed by atoms with E-state index in [2.05, 4.69) is 75.4 Å². The highest BCUT2D eigenvalue weighted by Gasteiger charge is 2.70. The van der Waals surface area contributed by atoms with Crippen LogP contribution in [0.1, 0.15) is 101 Å². The molecule has 0 amide bonds. The van der Waals surface area contributed by atoms with Gasteiger partial charge in [-0.3, -0.25) is 0 Å². The van der Waals surface area contributed by atoms with Crippen LogP contribution in [-0.4, -0.2) is 50.4 Å². The van der Waals surface area contributed by atoms with Crippen molar-refractivity contribution in [2.24, 2.45) is 34.5 Å². The van der Waals surface area contributed by atoms with E-state index in [0.717, 1.165) is 12.8 Å². The quantitative estimate of drug-likeness (QED) is 0.348. The molecule has 4 aliphatic carbocycles. The van der Waals surface area contributed by atoms with Gasteiger partial charge in [0.1, 0.15) is 0 Å². The van der Waals surface area contributed by atoms with E-state index in [1.807, 2.05) is 0 Å². The second kappa shape index (κ2) is 8.06. The SMILES string of the molecule is CC1(C)OC2CC3C4OC(C)(C)OC4C4C(CC[C@]5(C)C(O[Si](C)(C)C(C)(C)C)CCC45)[C@@]3(C)CC2O1. The highest BCUT2D eigenvalue weighted by molar-refractivity contribution is 6.74. The van der Waals surface area contributed by atoms with Crippen molar-refractivity contribution in [1.29, 1.82) is 0 Å². The van der Waals surface area contributed by atoms with Crippen molar-refractivity contribution in [3.63, 3.8) is 0 Å². The fourth-order valence-electron chi connectivity index (χ4n) is 9.85. The number of ether oxygens (including phenoxy) is 4. The topological polar surface area (TPSA) is 46.2 Å². The fourth-order valence-corrected chi connectivity index (χ4v) is 11.3. The van der Waals surface area contributed by atoms with E-state index >= 15 is 0 Å². The molecule has 11 atom stereocenters. The Morgan fingerprint density at radius 3 is 1.97 bits per heavy atom. The first-order chi connectivity index (χ1) is 16.9. The van der Waals surface area contributed by atoms with Crippen LogP contribution in [0.25, 0.3) is 0 Å². The van der Waals surface area contributed by atoms with Crippen molar-refractivity contribution in [3.8, 4) is 0 Å². The van der Waals surface area contributed by atoms with Crippen molar-refractivity contribution in [2.75, 3.05) is 0 Å². The molecular weight excluding hydrogens is 480 g/mol. The summed E-state index contributed by atoms with van der Waals surface area (Å²) in [5.41, 5.74) is 0.396. The van der Waals surface area contributed by atoms with E-state index in [-0.39, 0.29) is 40.3 Å². The number of hydrogen-bond donors (Lipinski definition) is 0. The molecule has 0 spiro atoms. The lowest BCUT2D eigenvalue weighted by molar-refractivity contribution is -0.198. The summed E-state index contributed by atoms with van der Waals surface area (Å²) >= 11 is 0. The van der Waals surface area contributed by atoms with E-state index in [9.17, 15) is 0 Å². The smallest absolute Gasteiger partial charge is 0.192 e. The first kappa shape index (κ1) is 27.2. The molecule has 2 aliphatic heterocycles. The summed E-state index contributed by atoms with van der Waals surface area (Å²) in [4.78, 5) is 0. The van der Waals surface area contributed by atoms with Crippen LogP contribution in [0, 0.1) is 34.5 Å². The van der Waals surface area contributed by atoms with E-state index in [4.69, 9.17) is 23.4 Å². The summed E-state index contributed by atoms with van der Waals surface area (Å²) in [6, 6.07) is 0. The zero-order valence-electron chi connectivity index (χ0n) is 25.5. The molecule has 0 N–H and O–H groups in total. The van der Waals surface area contributed by atoms with Crippen LogP contribution < -0.4 is 0 Å². The molecule has 212 valence electrons. The molecule has 6 fully saturated rings. The van der Waals surface area contributed by atoms with E-state index in [1.54, 1.807) is 0 Å². The first-order valence-electron chi connectivity index (χ1n) is 15.3. The van der Waals surface area contributed by atoms with Crippen molar-refractivity contribution < 1.29 is 23.4 Å². The van der Waals surface area contributed by atoms with Crippen molar-refractivity contribution in [1.82, 2.24) is 0 Å². The summed E-state index contributed by atoms with van der Waals surface area (Å²) in [6.07, 6.45) is 8.09. The highest BCUT2D eigenvalue weighted by atomic mass is 28.4. The number of fused-ring (bicyclic) bond motifs is 9.